The fourth-order valence-corrected chi connectivity index (χ4v) is 3.78. The van der Waals surface area contributed by atoms with Gasteiger partial charge in [0.05, 0.1) is 0 Å². The van der Waals surface area contributed by atoms with Gasteiger partial charge in [-0.05, 0) is 54.4 Å². The van der Waals surface area contributed by atoms with Crippen molar-refractivity contribution in [2.45, 2.75) is 12.8 Å². The maximum atomic E-state index is 13.0. The van der Waals surface area contributed by atoms with Gasteiger partial charge in [0.25, 0.3) is 5.91 Å². The van der Waals surface area contributed by atoms with Gasteiger partial charge in [-0.1, -0.05) is 0 Å². The quantitative estimate of drug-likeness (QED) is 0.820. The molecule has 2 amide bonds. The van der Waals surface area contributed by atoms with Gasteiger partial charge in [0.15, 0.2) is 0 Å². The molecule has 27 heavy (non-hydrogen) atoms. The Hall–Kier alpha value is -2.89. The number of hydrogen-bond donors (Lipinski definition) is 0. The molecule has 0 saturated carbocycles. The van der Waals surface area contributed by atoms with Crippen LogP contribution in [-0.2, 0) is 11.2 Å². The van der Waals surface area contributed by atoms with Crippen molar-refractivity contribution >= 4 is 23.2 Å². The zero-order valence-corrected chi connectivity index (χ0v) is 15.3. The normalized spacial score (nSPS) is 17.1. The summed E-state index contributed by atoms with van der Waals surface area (Å²) in [6.45, 7) is 2.76. The molecule has 4 rings (SSSR count). The lowest BCUT2D eigenvalue weighted by molar-refractivity contribution is -0.118. The number of aryl methyl sites for hydroxylation is 1. The molecule has 0 atom stereocenters. The minimum atomic E-state index is -0.337. The Bertz CT molecular complexity index is 873. The molecule has 1 saturated heterocycles. The number of rotatable bonds is 2. The third kappa shape index (κ3) is 3.39. The van der Waals surface area contributed by atoms with Gasteiger partial charge in [0.2, 0.25) is 5.91 Å². The predicted octanol–water partition coefficient (Wildman–Crippen LogP) is 2.70. The maximum absolute atomic E-state index is 13.0. The fraction of sp³-hybridized carbons (Fsp3) is 0.333. The number of benzene rings is 2. The highest BCUT2D eigenvalue weighted by atomic mass is 19.1. The van der Waals surface area contributed by atoms with E-state index in [0.717, 1.165) is 30.9 Å². The zero-order chi connectivity index (χ0) is 19.0. The molecule has 0 radical (unpaired) electrons. The third-order valence-electron chi connectivity index (χ3n) is 5.43. The Balaban J connectivity index is 1.43. The van der Waals surface area contributed by atoms with Gasteiger partial charge in [-0.3, -0.25) is 9.59 Å². The second kappa shape index (κ2) is 7.02. The first-order valence-corrected chi connectivity index (χ1v) is 9.22. The van der Waals surface area contributed by atoms with Crippen molar-refractivity contribution in [3.05, 3.63) is 59.4 Å². The summed E-state index contributed by atoms with van der Waals surface area (Å²) in [6.07, 6.45) is 1.32. The van der Waals surface area contributed by atoms with Crippen LogP contribution in [0.2, 0.25) is 0 Å². The van der Waals surface area contributed by atoms with E-state index in [1.807, 2.05) is 24.1 Å². The van der Waals surface area contributed by atoms with E-state index in [2.05, 4.69) is 11.0 Å². The van der Waals surface area contributed by atoms with E-state index in [0.29, 0.717) is 25.1 Å². The van der Waals surface area contributed by atoms with E-state index >= 15 is 0 Å². The number of carbonyl (C=O) groups excluding carboxylic acids is 2. The number of carbonyl (C=O) groups is 2. The van der Waals surface area contributed by atoms with E-state index in [9.17, 15) is 14.0 Å². The van der Waals surface area contributed by atoms with Gasteiger partial charge in [-0.25, -0.2) is 4.39 Å². The Labute approximate surface area is 158 Å². The SMILES string of the molecule is CN1C(=O)CCc2cc(N3CCN(C(=O)c4ccc(F)cc4)CC3)ccc21. The van der Waals surface area contributed by atoms with Gasteiger partial charge < -0.3 is 14.7 Å². The molecule has 0 N–H and O–H groups in total. The van der Waals surface area contributed by atoms with E-state index in [1.54, 1.807) is 4.90 Å². The monoisotopic (exact) mass is 367 g/mol. The van der Waals surface area contributed by atoms with Crippen LogP contribution >= 0.6 is 0 Å². The Kier molecular flexibility index (Phi) is 4.56. The van der Waals surface area contributed by atoms with E-state index < -0.39 is 0 Å². The maximum Gasteiger partial charge on any atom is 0.253 e. The van der Waals surface area contributed by atoms with Crippen LogP contribution in [0.15, 0.2) is 42.5 Å². The van der Waals surface area contributed by atoms with Crippen molar-refractivity contribution in [2.75, 3.05) is 43.0 Å². The minimum Gasteiger partial charge on any atom is -0.368 e. The summed E-state index contributed by atoms with van der Waals surface area (Å²) in [6, 6.07) is 11.9. The van der Waals surface area contributed by atoms with Crippen LogP contribution in [0.1, 0.15) is 22.3 Å². The highest BCUT2D eigenvalue weighted by molar-refractivity contribution is 5.96. The first kappa shape index (κ1) is 17.5. The molecule has 140 valence electrons. The molecule has 6 heteroatoms. The number of fused-ring (bicyclic) bond motifs is 1. The summed E-state index contributed by atoms with van der Waals surface area (Å²) < 4.78 is 13.0. The number of amides is 2. The van der Waals surface area contributed by atoms with Crippen LogP contribution in [0.3, 0.4) is 0 Å². The minimum absolute atomic E-state index is 0.0553. The molecule has 2 aromatic rings. The van der Waals surface area contributed by atoms with Crippen LogP contribution in [0.5, 0.6) is 0 Å². The lowest BCUT2D eigenvalue weighted by Crippen LogP contribution is -2.48. The summed E-state index contributed by atoms with van der Waals surface area (Å²) in [5.74, 6) is -0.237. The summed E-state index contributed by atoms with van der Waals surface area (Å²) in [5.41, 5.74) is 3.83. The number of nitrogens with zero attached hydrogens (tertiary/aromatic N) is 3. The van der Waals surface area contributed by atoms with Crippen LogP contribution in [0.4, 0.5) is 15.8 Å². The number of anilines is 2. The molecular formula is C21H22FN3O2. The van der Waals surface area contributed by atoms with Crippen molar-refractivity contribution in [1.82, 2.24) is 4.90 Å². The van der Waals surface area contributed by atoms with Crippen LogP contribution in [-0.4, -0.2) is 49.9 Å². The summed E-state index contributed by atoms with van der Waals surface area (Å²) in [7, 11) is 1.82. The topological polar surface area (TPSA) is 43.9 Å². The lowest BCUT2D eigenvalue weighted by Gasteiger charge is -2.37. The Morgan fingerprint density at radius 1 is 0.963 bits per heavy atom. The van der Waals surface area contributed by atoms with E-state index in [-0.39, 0.29) is 17.6 Å². The van der Waals surface area contributed by atoms with Crippen LogP contribution in [0, 0.1) is 5.82 Å². The second-order valence-electron chi connectivity index (χ2n) is 7.05. The molecule has 0 spiro atoms. The van der Waals surface area contributed by atoms with Crippen molar-refractivity contribution in [3.63, 3.8) is 0 Å². The fourth-order valence-electron chi connectivity index (χ4n) is 3.78. The number of piperazine rings is 1. The van der Waals surface area contributed by atoms with E-state index in [4.69, 9.17) is 0 Å². The van der Waals surface area contributed by atoms with Gasteiger partial charge in [-0.2, -0.15) is 0 Å². The molecule has 0 unspecified atom stereocenters. The van der Waals surface area contributed by atoms with Gasteiger partial charge in [0.1, 0.15) is 5.82 Å². The van der Waals surface area contributed by atoms with Gasteiger partial charge in [-0.15, -0.1) is 0 Å². The molecule has 5 nitrogen and oxygen atoms in total. The first-order chi connectivity index (χ1) is 13.0. The number of hydrogen-bond acceptors (Lipinski definition) is 3. The first-order valence-electron chi connectivity index (χ1n) is 9.22. The predicted molar refractivity (Wildman–Crippen MR) is 103 cm³/mol. The summed E-state index contributed by atoms with van der Waals surface area (Å²) in [5, 5.41) is 0. The largest absolute Gasteiger partial charge is 0.368 e. The third-order valence-corrected chi connectivity index (χ3v) is 5.43. The summed E-state index contributed by atoms with van der Waals surface area (Å²) >= 11 is 0. The van der Waals surface area contributed by atoms with E-state index in [1.165, 1.54) is 29.8 Å². The lowest BCUT2D eigenvalue weighted by atomic mass is 10.0. The zero-order valence-electron chi connectivity index (χ0n) is 15.3. The van der Waals surface area contributed by atoms with Crippen molar-refractivity contribution in [1.29, 1.82) is 0 Å². The number of halogens is 1. The molecule has 0 aromatic heterocycles. The standard InChI is InChI=1S/C21H22FN3O2/c1-23-19-8-7-18(14-16(19)4-9-20(23)26)24-10-12-25(13-11-24)21(27)15-2-5-17(22)6-3-15/h2-3,5-8,14H,4,9-13H2,1H3. The molecule has 2 aliphatic rings. The molecule has 2 aliphatic heterocycles. The van der Waals surface area contributed by atoms with Gasteiger partial charge >= 0.3 is 0 Å². The van der Waals surface area contributed by atoms with Crippen LogP contribution in [0.25, 0.3) is 0 Å². The molecule has 2 aromatic carbocycles. The highest BCUT2D eigenvalue weighted by Gasteiger charge is 2.25. The van der Waals surface area contributed by atoms with Gasteiger partial charge in [0, 0.05) is 56.6 Å². The molecule has 2 heterocycles. The van der Waals surface area contributed by atoms with Crippen molar-refractivity contribution in [3.8, 4) is 0 Å². The molecule has 1 fully saturated rings. The average molecular weight is 367 g/mol. The second-order valence-corrected chi connectivity index (χ2v) is 7.05. The average Bonchev–Trinajstić information content (AvgIpc) is 2.71. The van der Waals surface area contributed by atoms with Crippen molar-refractivity contribution in [2.24, 2.45) is 0 Å². The van der Waals surface area contributed by atoms with Crippen molar-refractivity contribution < 1.29 is 14.0 Å². The smallest absolute Gasteiger partial charge is 0.253 e. The highest BCUT2D eigenvalue weighted by Crippen LogP contribution is 2.31. The molecule has 0 aliphatic carbocycles. The van der Waals surface area contributed by atoms with Crippen LogP contribution < -0.4 is 9.80 Å². The Morgan fingerprint density at radius 2 is 1.67 bits per heavy atom. The summed E-state index contributed by atoms with van der Waals surface area (Å²) in [4.78, 5) is 30.2. The molecular weight excluding hydrogens is 345 g/mol. The Morgan fingerprint density at radius 3 is 2.37 bits per heavy atom. The molecule has 0 bridgehead atoms.